The molecule has 1 aromatic carbocycles. The molecule has 1 saturated heterocycles. The summed E-state index contributed by atoms with van der Waals surface area (Å²) in [6.07, 6.45) is 1.42. The van der Waals surface area contributed by atoms with Gasteiger partial charge in [-0.25, -0.2) is 8.42 Å². The van der Waals surface area contributed by atoms with Gasteiger partial charge in [-0.15, -0.1) is 10.2 Å². The highest BCUT2D eigenvalue weighted by Crippen LogP contribution is 2.34. The van der Waals surface area contributed by atoms with Crippen LogP contribution in [-0.2, 0) is 10.0 Å². The minimum Gasteiger partial charge on any atom is -0.495 e. The summed E-state index contributed by atoms with van der Waals surface area (Å²) in [6.45, 7) is 2.76. The van der Waals surface area contributed by atoms with Crippen LogP contribution in [0, 0.1) is 6.92 Å². The number of sulfonamides is 1. The predicted molar refractivity (Wildman–Crippen MR) is 92.8 cm³/mol. The van der Waals surface area contributed by atoms with Crippen molar-refractivity contribution in [2.75, 3.05) is 25.9 Å². The summed E-state index contributed by atoms with van der Waals surface area (Å²) in [6, 6.07) is 5.19. The summed E-state index contributed by atoms with van der Waals surface area (Å²) in [4.78, 5) is 0.226. The standard InChI is InChI=1S/C15H20N4O3S2/c1-10-3-4-12(22-2)13(9-10)24(20,21)19-7-5-11(6-8-19)14-17-18-15(16)23-14/h3-4,9,11H,5-8H2,1-2H3,(H2,16,18). The molecular formula is C15H20N4O3S2. The smallest absolute Gasteiger partial charge is 0.246 e. The van der Waals surface area contributed by atoms with E-state index in [0.29, 0.717) is 36.8 Å². The van der Waals surface area contributed by atoms with Crippen molar-refractivity contribution in [3.8, 4) is 5.75 Å². The van der Waals surface area contributed by atoms with Crippen LogP contribution >= 0.6 is 11.3 Å². The number of methoxy groups -OCH3 is 1. The number of nitrogens with two attached hydrogens (primary N) is 1. The summed E-state index contributed by atoms with van der Waals surface area (Å²) in [5, 5.41) is 9.25. The first-order valence-corrected chi connectivity index (χ1v) is 9.91. The van der Waals surface area contributed by atoms with Gasteiger partial charge in [0.05, 0.1) is 7.11 Å². The van der Waals surface area contributed by atoms with Crippen molar-refractivity contribution in [3.05, 3.63) is 28.8 Å². The molecule has 24 heavy (non-hydrogen) atoms. The van der Waals surface area contributed by atoms with E-state index in [1.165, 1.54) is 22.8 Å². The number of nitrogens with zero attached hydrogens (tertiary/aromatic N) is 3. The number of anilines is 1. The Bertz CT molecular complexity index is 827. The number of ether oxygens (including phenoxy) is 1. The lowest BCUT2D eigenvalue weighted by atomic mass is 9.99. The van der Waals surface area contributed by atoms with Crippen LogP contribution in [0.1, 0.15) is 29.3 Å². The summed E-state index contributed by atoms with van der Waals surface area (Å²) in [5.74, 6) is 0.588. The molecule has 2 heterocycles. The molecule has 0 atom stereocenters. The van der Waals surface area contributed by atoms with Crippen molar-refractivity contribution in [1.82, 2.24) is 14.5 Å². The average molecular weight is 368 g/mol. The fourth-order valence-corrected chi connectivity index (χ4v) is 5.37. The van der Waals surface area contributed by atoms with Crippen LogP contribution in [-0.4, -0.2) is 43.1 Å². The molecule has 1 aromatic heterocycles. The summed E-state index contributed by atoms with van der Waals surface area (Å²) in [7, 11) is -2.09. The Morgan fingerprint density at radius 2 is 2.00 bits per heavy atom. The molecule has 0 aliphatic carbocycles. The van der Waals surface area contributed by atoms with Gasteiger partial charge < -0.3 is 10.5 Å². The molecule has 0 unspecified atom stereocenters. The molecule has 130 valence electrons. The number of rotatable bonds is 4. The van der Waals surface area contributed by atoms with Crippen LogP contribution in [0.25, 0.3) is 0 Å². The summed E-state index contributed by atoms with van der Waals surface area (Å²) in [5.41, 5.74) is 6.51. The van der Waals surface area contributed by atoms with E-state index < -0.39 is 10.0 Å². The van der Waals surface area contributed by atoms with Gasteiger partial charge in [0.2, 0.25) is 15.2 Å². The maximum absolute atomic E-state index is 13.0. The van der Waals surface area contributed by atoms with Gasteiger partial charge in [0.15, 0.2) is 0 Å². The highest BCUT2D eigenvalue weighted by molar-refractivity contribution is 7.89. The fourth-order valence-electron chi connectivity index (χ4n) is 2.88. The molecule has 1 fully saturated rings. The first kappa shape index (κ1) is 17.1. The normalized spacial score (nSPS) is 17.1. The Kier molecular flexibility index (Phi) is 4.75. The van der Waals surface area contributed by atoms with Crippen LogP contribution in [0.4, 0.5) is 5.13 Å². The van der Waals surface area contributed by atoms with E-state index in [0.717, 1.165) is 10.6 Å². The number of hydrogen-bond acceptors (Lipinski definition) is 7. The maximum Gasteiger partial charge on any atom is 0.246 e. The van der Waals surface area contributed by atoms with Crippen molar-refractivity contribution >= 4 is 26.5 Å². The molecule has 0 radical (unpaired) electrons. The van der Waals surface area contributed by atoms with Gasteiger partial charge in [-0.2, -0.15) is 4.31 Å². The van der Waals surface area contributed by atoms with E-state index >= 15 is 0 Å². The number of nitrogen functional groups attached to an aromatic ring is 1. The van der Waals surface area contributed by atoms with Crippen LogP contribution in [0.3, 0.4) is 0 Å². The lowest BCUT2D eigenvalue weighted by molar-refractivity contribution is 0.316. The van der Waals surface area contributed by atoms with E-state index in [-0.39, 0.29) is 10.8 Å². The van der Waals surface area contributed by atoms with E-state index in [9.17, 15) is 8.42 Å². The number of aryl methyl sites for hydroxylation is 1. The van der Waals surface area contributed by atoms with Crippen LogP contribution in [0.2, 0.25) is 0 Å². The average Bonchev–Trinajstić information content (AvgIpc) is 3.01. The second-order valence-corrected chi connectivity index (χ2v) is 8.76. The molecule has 0 amide bonds. The highest BCUT2D eigenvalue weighted by atomic mass is 32.2. The van der Waals surface area contributed by atoms with Gasteiger partial charge in [0.25, 0.3) is 0 Å². The number of aromatic nitrogens is 2. The Balaban J connectivity index is 1.79. The van der Waals surface area contributed by atoms with E-state index in [1.807, 2.05) is 13.0 Å². The molecule has 2 aromatic rings. The Morgan fingerprint density at radius 1 is 1.29 bits per heavy atom. The quantitative estimate of drug-likeness (QED) is 0.886. The molecule has 7 nitrogen and oxygen atoms in total. The van der Waals surface area contributed by atoms with Crippen LogP contribution in [0.15, 0.2) is 23.1 Å². The lowest BCUT2D eigenvalue weighted by Crippen LogP contribution is -2.38. The second kappa shape index (κ2) is 6.66. The molecule has 0 spiro atoms. The lowest BCUT2D eigenvalue weighted by Gasteiger charge is -2.30. The van der Waals surface area contributed by atoms with Crippen LogP contribution < -0.4 is 10.5 Å². The monoisotopic (exact) mass is 368 g/mol. The van der Waals surface area contributed by atoms with Gasteiger partial charge in [-0.05, 0) is 37.5 Å². The van der Waals surface area contributed by atoms with Crippen molar-refractivity contribution in [2.45, 2.75) is 30.6 Å². The van der Waals surface area contributed by atoms with Crippen molar-refractivity contribution in [1.29, 1.82) is 0 Å². The van der Waals surface area contributed by atoms with Crippen molar-refractivity contribution < 1.29 is 13.2 Å². The zero-order valence-electron chi connectivity index (χ0n) is 13.6. The minimum absolute atomic E-state index is 0.214. The largest absolute Gasteiger partial charge is 0.495 e. The molecule has 2 N–H and O–H groups in total. The molecule has 0 saturated carbocycles. The Morgan fingerprint density at radius 3 is 2.58 bits per heavy atom. The molecule has 1 aliphatic heterocycles. The zero-order valence-corrected chi connectivity index (χ0v) is 15.2. The fraction of sp³-hybridized carbons (Fsp3) is 0.467. The molecule has 9 heteroatoms. The molecule has 0 bridgehead atoms. The first-order chi connectivity index (χ1) is 11.4. The molecule has 1 aliphatic rings. The van der Waals surface area contributed by atoms with E-state index in [1.54, 1.807) is 12.1 Å². The molecular weight excluding hydrogens is 348 g/mol. The SMILES string of the molecule is COc1ccc(C)cc1S(=O)(=O)N1CCC(c2nnc(N)s2)CC1. The van der Waals surface area contributed by atoms with Gasteiger partial charge >= 0.3 is 0 Å². The van der Waals surface area contributed by atoms with Crippen molar-refractivity contribution in [3.63, 3.8) is 0 Å². The third-order valence-electron chi connectivity index (χ3n) is 4.20. The Labute approximate surface area is 145 Å². The Hall–Kier alpha value is -1.71. The number of piperidine rings is 1. The van der Waals surface area contributed by atoms with Crippen LogP contribution in [0.5, 0.6) is 5.75 Å². The highest BCUT2D eigenvalue weighted by Gasteiger charge is 2.33. The van der Waals surface area contributed by atoms with Gasteiger partial charge in [-0.1, -0.05) is 17.4 Å². The third kappa shape index (κ3) is 3.24. The topological polar surface area (TPSA) is 98.4 Å². The minimum atomic E-state index is -3.58. The predicted octanol–water partition coefficient (Wildman–Crippen LogP) is 2.01. The van der Waals surface area contributed by atoms with Gasteiger partial charge in [-0.3, -0.25) is 0 Å². The maximum atomic E-state index is 13.0. The zero-order chi connectivity index (χ0) is 17.3. The number of hydrogen-bond donors (Lipinski definition) is 1. The first-order valence-electron chi connectivity index (χ1n) is 7.65. The second-order valence-electron chi connectivity index (χ2n) is 5.81. The number of benzene rings is 1. The molecule has 3 rings (SSSR count). The van der Waals surface area contributed by atoms with Crippen molar-refractivity contribution in [2.24, 2.45) is 0 Å². The van der Waals surface area contributed by atoms with Gasteiger partial charge in [0.1, 0.15) is 15.7 Å². The summed E-state index contributed by atoms with van der Waals surface area (Å²) >= 11 is 1.37. The summed E-state index contributed by atoms with van der Waals surface area (Å²) < 4.78 is 32.7. The van der Waals surface area contributed by atoms with Gasteiger partial charge in [0, 0.05) is 19.0 Å². The van der Waals surface area contributed by atoms with E-state index in [4.69, 9.17) is 10.5 Å². The third-order valence-corrected chi connectivity index (χ3v) is 7.03. The van der Waals surface area contributed by atoms with E-state index in [2.05, 4.69) is 10.2 Å².